The van der Waals surface area contributed by atoms with Crippen molar-refractivity contribution >= 4 is 58.1 Å². The fraction of sp³-hybridized carbons (Fsp3) is 0.378. The number of nitrogen functional groups attached to an aromatic ring is 1. The molecule has 1 unspecified atom stereocenters. The minimum atomic E-state index is -1.01. The zero-order valence-electron chi connectivity index (χ0n) is 35.0. The summed E-state index contributed by atoms with van der Waals surface area (Å²) < 4.78 is 30.3. The average Bonchev–Trinajstić information content (AvgIpc) is 3.82. The topological polar surface area (TPSA) is 220 Å². The van der Waals surface area contributed by atoms with Crippen LogP contribution in [0, 0.1) is 0 Å². The molecule has 64 heavy (non-hydrogen) atoms. The van der Waals surface area contributed by atoms with Crippen LogP contribution in [0.25, 0.3) is 22.3 Å². The van der Waals surface area contributed by atoms with Gasteiger partial charge in [-0.25, -0.2) is 14.6 Å². The Bertz CT molecular complexity index is 2480. The molecule has 0 aliphatic carbocycles. The van der Waals surface area contributed by atoms with Crippen LogP contribution >= 0.6 is 11.8 Å². The van der Waals surface area contributed by atoms with Gasteiger partial charge in [0, 0.05) is 35.7 Å². The summed E-state index contributed by atoms with van der Waals surface area (Å²) >= 11 is 1.38. The molecule has 2 fully saturated rings. The number of carbonyl (C=O) groups is 5. The number of carbonyl (C=O) groups excluding carboxylic acids is 5. The summed E-state index contributed by atoms with van der Waals surface area (Å²) in [7, 11) is 0. The summed E-state index contributed by atoms with van der Waals surface area (Å²) in [6.45, 7) is 3.49. The predicted octanol–water partition coefficient (Wildman–Crippen LogP) is 4.29. The molecule has 0 radical (unpaired) electrons. The first-order valence-corrected chi connectivity index (χ1v) is 22.1. The second-order valence-corrected chi connectivity index (χ2v) is 16.3. The minimum absolute atomic E-state index is 0.0169. The summed E-state index contributed by atoms with van der Waals surface area (Å²) in [6.07, 6.45) is 3.00. The SMILES string of the molecule is Nc1ncnc2c1c(-c1ccc(Oc3ccccc3)cc1)nn2C1CCN(C(=O)COCCOCCOCCOCCSc2cccc3c2C(=O)N(C2CCC(=O)NC2=O)C3=O)CC1. The number of anilines is 1. The highest BCUT2D eigenvalue weighted by Gasteiger charge is 2.45. The summed E-state index contributed by atoms with van der Waals surface area (Å²) in [5.41, 5.74) is 9.09. The second kappa shape index (κ2) is 21.0. The first-order valence-electron chi connectivity index (χ1n) is 21.1. The van der Waals surface area contributed by atoms with Crippen LogP contribution in [0.15, 0.2) is 84.0 Å². The van der Waals surface area contributed by atoms with E-state index in [1.54, 1.807) is 18.2 Å². The molecule has 3 aromatic carbocycles. The molecular weight excluding hydrogens is 845 g/mol. The molecule has 5 heterocycles. The fourth-order valence-electron chi connectivity index (χ4n) is 7.84. The first kappa shape index (κ1) is 44.4. The van der Waals surface area contributed by atoms with E-state index in [2.05, 4.69) is 15.3 Å². The molecule has 5 aromatic rings. The number of nitrogens with zero attached hydrogens (tertiary/aromatic N) is 6. The average molecular weight is 893 g/mol. The Morgan fingerprint density at radius 1 is 0.766 bits per heavy atom. The Hall–Kier alpha value is -6.25. The van der Waals surface area contributed by atoms with Crippen molar-refractivity contribution in [2.75, 3.05) is 77.4 Å². The fourth-order valence-corrected chi connectivity index (χ4v) is 8.78. The lowest BCUT2D eigenvalue weighted by Crippen LogP contribution is -2.54. The van der Waals surface area contributed by atoms with Crippen LogP contribution in [0.4, 0.5) is 5.82 Å². The monoisotopic (exact) mass is 892 g/mol. The van der Waals surface area contributed by atoms with E-state index < -0.39 is 29.7 Å². The Morgan fingerprint density at radius 2 is 1.45 bits per heavy atom. The molecular formula is C45H48N8O10S. The molecule has 0 spiro atoms. The van der Waals surface area contributed by atoms with Gasteiger partial charge in [0.25, 0.3) is 11.8 Å². The number of fused-ring (bicyclic) bond motifs is 2. The Kier molecular flexibility index (Phi) is 14.5. The van der Waals surface area contributed by atoms with Gasteiger partial charge in [-0.05, 0) is 67.8 Å². The van der Waals surface area contributed by atoms with Crippen molar-refractivity contribution < 1.29 is 47.7 Å². The van der Waals surface area contributed by atoms with Crippen molar-refractivity contribution in [3.05, 3.63) is 90.3 Å². The maximum absolute atomic E-state index is 13.3. The standard InChI is InChI=1S/C45H48N8O10S/c46-41-39-40(29-9-11-32(12-10-29)63-31-5-2-1-3-6-31)50-53(42(39)48-28-47-41)30-15-17-51(18-16-30)37(55)27-62-24-23-60-20-19-59-21-22-61-25-26-64-35-8-4-7-33-38(35)45(58)52(44(33)57)34-13-14-36(54)49-43(34)56/h1-12,28,30,34H,13-27H2,(H2,46,47,48)(H,49,54,56). The normalized spacial score (nSPS) is 16.7. The van der Waals surface area contributed by atoms with Crippen molar-refractivity contribution in [3.8, 4) is 22.8 Å². The molecule has 19 heteroatoms. The van der Waals surface area contributed by atoms with Gasteiger partial charge in [-0.15, -0.1) is 11.8 Å². The van der Waals surface area contributed by atoms with E-state index in [0.29, 0.717) is 105 Å². The number of piperidine rings is 2. The van der Waals surface area contributed by atoms with Crippen molar-refractivity contribution in [1.82, 2.24) is 34.9 Å². The Labute approximate surface area is 372 Å². The van der Waals surface area contributed by atoms with Gasteiger partial charge in [0.05, 0.1) is 68.8 Å². The van der Waals surface area contributed by atoms with Crippen LogP contribution in [-0.2, 0) is 33.3 Å². The molecule has 3 N–H and O–H groups in total. The van der Waals surface area contributed by atoms with Crippen LogP contribution in [0.1, 0.15) is 52.4 Å². The number of thioether (sulfide) groups is 1. The lowest BCUT2D eigenvalue weighted by atomic mass is 10.0. The zero-order chi connectivity index (χ0) is 44.4. The van der Waals surface area contributed by atoms with Gasteiger partial charge in [-0.3, -0.25) is 34.2 Å². The van der Waals surface area contributed by atoms with Crippen molar-refractivity contribution in [3.63, 3.8) is 0 Å². The van der Waals surface area contributed by atoms with Gasteiger partial charge in [0.2, 0.25) is 17.7 Å². The smallest absolute Gasteiger partial charge is 0.263 e. The summed E-state index contributed by atoms with van der Waals surface area (Å²) in [5.74, 6) is 0.124. The minimum Gasteiger partial charge on any atom is -0.457 e. The molecule has 3 aliphatic rings. The lowest BCUT2D eigenvalue weighted by molar-refractivity contribution is -0.138. The molecule has 334 valence electrons. The number of ether oxygens (including phenoxy) is 5. The second-order valence-electron chi connectivity index (χ2n) is 15.2. The number of para-hydroxylation sites is 1. The quantitative estimate of drug-likeness (QED) is 0.0633. The number of hydrogen-bond donors (Lipinski definition) is 2. The van der Waals surface area contributed by atoms with Crippen molar-refractivity contribution in [1.29, 1.82) is 0 Å². The number of nitrogens with one attached hydrogen (secondary N) is 1. The predicted molar refractivity (Wildman–Crippen MR) is 234 cm³/mol. The van der Waals surface area contributed by atoms with Gasteiger partial charge in [0.15, 0.2) is 5.65 Å². The maximum Gasteiger partial charge on any atom is 0.263 e. The summed E-state index contributed by atoms with van der Waals surface area (Å²) in [4.78, 5) is 75.4. The van der Waals surface area contributed by atoms with Crippen LogP contribution in [-0.4, -0.2) is 137 Å². The Morgan fingerprint density at radius 3 is 2.17 bits per heavy atom. The number of benzene rings is 3. The van der Waals surface area contributed by atoms with Gasteiger partial charge in [-0.2, -0.15) is 5.10 Å². The molecule has 1 atom stereocenters. The van der Waals surface area contributed by atoms with Crippen LogP contribution in [0.3, 0.4) is 0 Å². The number of rotatable bonds is 20. The van der Waals surface area contributed by atoms with E-state index >= 15 is 0 Å². The number of likely N-dealkylation sites (tertiary alicyclic amines) is 1. The Balaban J connectivity index is 0.679. The first-order chi connectivity index (χ1) is 31.3. The molecule has 18 nitrogen and oxygen atoms in total. The largest absolute Gasteiger partial charge is 0.457 e. The van der Waals surface area contributed by atoms with Crippen molar-refractivity contribution in [2.24, 2.45) is 0 Å². The van der Waals surface area contributed by atoms with Gasteiger partial charge in [0.1, 0.15) is 42.0 Å². The highest BCUT2D eigenvalue weighted by Crippen LogP contribution is 2.36. The van der Waals surface area contributed by atoms with E-state index in [0.717, 1.165) is 16.2 Å². The molecule has 2 saturated heterocycles. The highest BCUT2D eigenvalue weighted by molar-refractivity contribution is 7.99. The van der Waals surface area contributed by atoms with Crippen LogP contribution < -0.4 is 15.8 Å². The van der Waals surface area contributed by atoms with Gasteiger partial charge >= 0.3 is 0 Å². The molecule has 8 rings (SSSR count). The lowest BCUT2D eigenvalue weighted by Gasteiger charge is -2.32. The number of nitrogens with two attached hydrogens (primary N) is 1. The molecule has 0 bridgehead atoms. The number of hydrogen-bond acceptors (Lipinski definition) is 15. The molecule has 0 saturated carbocycles. The van der Waals surface area contributed by atoms with E-state index in [1.165, 1.54) is 18.1 Å². The molecule has 2 aromatic heterocycles. The van der Waals surface area contributed by atoms with Gasteiger partial charge < -0.3 is 34.3 Å². The summed E-state index contributed by atoms with van der Waals surface area (Å²) in [6, 6.07) is 21.3. The van der Waals surface area contributed by atoms with E-state index in [4.69, 9.17) is 34.5 Å². The highest BCUT2D eigenvalue weighted by atomic mass is 32.2. The third kappa shape index (κ3) is 10.2. The van der Waals surface area contributed by atoms with E-state index in [9.17, 15) is 24.0 Å². The summed E-state index contributed by atoms with van der Waals surface area (Å²) in [5, 5.41) is 7.88. The van der Waals surface area contributed by atoms with E-state index in [-0.39, 0.29) is 49.1 Å². The number of amides is 5. The zero-order valence-corrected chi connectivity index (χ0v) is 35.8. The third-order valence-corrected chi connectivity index (χ3v) is 12.1. The van der Waals surface area contributed by atoms with E-state index in [1.807, 2.05) is 64.2 Å². The number of imide groups is 2. The molecule has 5 amide bonds. The van der Waals surface area contributed by atoms with Crippen molar-refractivity contribution in [2.45, 2.75) is 42.7 Å². The van der Waals surface area contributed by atoms with Gasteiger partial charge in [-0.1, -0.05) is 24.3 Å². The molecule has 3 aliphatic heterocycles. The van der Waals surface area contributed by atoms with Crippen LogP contribution in [0.5, 0.6) is 11.5 Å². The number of aromatic nitrogens is 4. The van der Waals surface area contributed by atoms with Crippen LogP contribution in [0.2, 0.25) is 0 Å². The maximum atomic E-state index is 13.3. The third-order valence-electron chi connectivity index (χ3n) is 11.0.